The fourth-order valence-electron chi connectivity index (χ4n) is 2.28. The summed E-state index contributed by atoms with van der Waals surface area (Å²) in [6.07, 6.45) is 2.71. The zero-order chi connectivity index (χ0) is 15.1. The van der Waals surface area contributed by atoms with Gasteiger partial charge in [-0.25, -0.2) is 4.98 Å². The molecular formula is C14H21N3O3S. The molecule has 21 heavy (non-hydrogen) atoms. The van der Waals surface area contributed by atoms with E-state index in [1.54, 1.807) is 12.3 Å². The van der Waals surface area contributed by atoms with Gasteiger partial charge in [0.25, 0.3) is 0 Å². The lowest BCUT2D eigenvalue weighted by Crippen LogP contribution is -2.15. The molecule has 0 aromatic carbocycles. The number of thiazole rings is 1. The lowest BCUT2D eigenvalue weighted by Gasteiger charge is -2.07. The van der Waals surface area contributed by atoms with Gasteiger partial charge in [-0.3, -0.25) is 9.59 Å². The molecule has 7 heteroatoms. The van der Waals surface area contributed by atoms with Gasteiger partial charge in [0.15, 0.2) is 5.13 Å². The van der Waals surface area contributed by atoms with Gasteiger partial charge in [-0.05, 0) is 38.8 Å². The highest BCUT2D eigenvalue weighted by Crippen LogP contribution is 2.18. The number of carbonyl (C=O) groups excluding carboxylic acids is 2. The molecule has 1 amide bonds. The van der Waals surface area contributed by atoms with Gasteiger partial charge in [-0.15, -0.1) is 11.3 Å². The Morgan fingerprint density at radius 1 is 1.57 bits per heavy atom. The van der Waals surface area contributed by atoms with Crippen molar-refractivity contribution in [1.29, 1.82) is 0 Å². The standard InChI is InChI=1S/C14H21N3O3S/c1-2-20-13(19)7-11-9-21-14(16-11)17-12(18)4-3-10-5-6-15-8-10/h9-10,15H,2-8H2,1H3,(H,16,17,18). The summed E-state index contributed by atoms with van der Waals surface area (Å²) < 4.78 is 4.86. The minimum Gasteiger partial charge on any atom is -0.466 e. The molecule has 1 aliphatic heterocycles. The second-order valence-corrected chi connectivity index (χ2v) is 5.93. The zero-order valence-electron chi connectivity index (χ0n) is 12.2. The number of esters is 1. The highest BCUT2D eigenvalue weighted by Gasteiger charge is 2.16. The van der Waals surface area contributed by atoms with Crippen molar-refractivity contribution in [3.05, 3.63) is 11.1 Å². The summed E-state index contributed by atoms with van der Waals surface area (Å²) in [5.74, 6) is 0.291. The summed E-state index contributed by atoms with van der Waals surface area (Å²) >= 11 is 1.33. The molecule has 0 aliphatic carbocycles. The molecule has 2 N–H and O–H groups in total. The SMILES string of the molecule is CCOC(=O)Cc1csc(NC(=O)CCC2CCNC2)n1. The Labute approximate surface area is 128 Å². The van der Waals surface area contributed by atoms with E-state index in [4.69, 9.17) is 4.74 Å². The molecule has 2 heterocycles. The summed E-state index contributed by atoms with van der Waals surface area (Å²) in [6.45, 7) is 4.19. The fourth-order valence-corrected chi connectivity index (χ4v) is 3.01. The summed E-state index contributed by atoms with van der Waals surface area (Å²) in [5.41, 5.74) is 0.633. The minimum atomic E-state index is -0.297. The summed E-state index contributed by atoms with van der Waals surface area (Å²) in [7, 11) is 0. The Morgan fingerprint density at radius 3 is 3.14 bits per heavy atom. The number of amides is 1. The number of nitrogens with one attached hydrogen (secondary N) is 2. The zero-order valence-corrected chi connectivity index (χ0v) is 13.0. The van der Waals surface area contributed by atoms with Gasteiger partial charge in [0, 0.05) is 11.8 Å². The highest BCUT2D eigenvalue weighted by atomic mass is 32.1. The summed E-state index contributed by atoms with van der Waals surface area (Å²) in [4.78, 5) is 27.4. The van der Waals surface area contributed by atoms with E-state index in [1.807, 2.05) is 0 Å². The van der Waals surface area contributed by atoms with E-state index >= 15 is 0 Å². The molecule has 1 aliphatic rings. The van der Waals surface area contributed by atoms with Crippen LogP contribution in [0.1, 0.15) is 31.9 Å². The van der Waals surface area contributed by atoms with Gasteiger partial charge in [-0.2, -0.15) is 0 Å². The first-order chi connectivity index (χ1) is 10.2. The Morgan fingerprint density at radius 2 is 2.43 bits per heavy atom. The number of rotatable bonds is 7. The Hall–Kier alpha value is -1.47. The molecule has 1 fully saturated rings. The van der Waals surface area contributed by atoms with E-state index in [1.165, 1.54) is 11.3 Å². The van der Waals surface area contributed by atoms with Crippen molar-refractivity contribution >= 4 is 28.3 Å². The van der Waals surface area contributed by atoms with Gasteiger partial charge in [0.2, 0.25) is 5.91 Å². The van der Waals surface area contributed by atoms with Crippen LogP contribution in [0.25, 0.3) is 0 Å². The molecular weight excluding hydrogens is 290 g/mol. The molecule has 1 saturated heterocycles. The van der Waals surface area contributed by atoms with Crippen LogP contribution < -0.4 is 10.6 Å². The molecule has 1 unspecified atom stereocenters. The van der Waals surface area contributed by atoms with E-state index in [0.29, 0.717) is 29.8 Å². The third-order valence-corrected chi connectivity index (χ3v) is 4.18. The van der Waals surface area contributed by atoms with Crippen molar-refractivity contribution in [1.82, 2.24) is 10.3 Å². The maximum Gasteiger partial charge on any atom is 0.311 e. The molecule has 1 aromatic heterocycles. The van der Waals surface area contributed by atoms with Crippen LogP contribution in [0.3, 0.4) is 0 Å². The van der Waals surface area contributed by atoms with Crippen LogP contribution in [0, 0.1) is 5.92 Å². The lowest BCUT2D eigenvalue weighted by atomic mass is 10.0. The van der Waals surface area contributed by atoms with Crippen LogP contribution in [-0.2, 0) is 20.7 Å². The second-order valence-electron chi connectivity index (χ2n) is 5.07. The average molecular weight is 311 g/mol. The lowest BCUT2D eigenvalue weighted by molar-refractivity contribution is -0.142. The molecule has 0 saturated carbocycles. The number of nitrogens with zero attached hydrogens (tertiary/aromatic N) is 1. The van der Waals surface area contributed by atoms with Crippen LogP contribution in [0.5, 0.6) is 0 Å². The van der Waals surface area contributed by atoms with E-state index in [-0.39, 0.29) is 18.3 Å². The number of carbonyl (C=O) groups is 2. The number of anilines is 1. The largest absolute Gasteiger partial charge is 0.466 e. The third-order valence-electron chi connectivity index (χ3n) is 3.37. The van der Waals surface area contributed by atoms with Crippen LogP contribution in [0.2, 0.25) is 0 Å². The molecule has 0 bridgehead atoms. The van der Waals surface area contributed by atoms with Crippen molar-refractivity contribution in [2.45, 2.75) is 32.6 Å². The van der Waals surface area contributed by atoms with E-state index in [2.05, 4.69) is 15.6 Å². The first-order valence-corrected chi connectivity index (χ1v) is 8.16. The van der Waals surface area contributed by atoms with Crippen LogP contribution in [0.4, 0.5) is 5.13 Å². The summed E-state index contributed by atoms with van der Waals surface area (Å²) in [5, 5.41) is 8.40. The predicted octanol–water partition coefficient (Wildman–Crippen LogP) is 1.58. The van der Waals surface area contributed by atoms with Gasteiger partial charge < -0.3 is 15.4 Å². The normalized spacial score (nSPS) is 17.7. The molecule has 0 spiro atoms. The molecule has 116 valence electrons. The van der Waals surface area contributed by atoms with E-state index in [0.717, 1.165) is 25.9 Å². The first kappa shape index (κ1) is 15.9. The minimum absolute atomic E-state index is 0.0149. The average Bonchev–Trinajstić information content (AvgIpc) is 3.08. The number of ether oxygens (including phenoxy) is 1. The Bertz CT molecular complexity index is 484. The smallest absolute Gasteiger partial charge is 0.311 e. The molecule has 1 atom stereocenters. The Balaban J connectivity index is 1.73. The maximum atomic E-state index is 11.8. The predicted molar refractivity (Wildman–Crippen MR) is 81.3 cm³/mol. The third kappa shape index (κ3) is 5.43. The fraction of sp³-hybridized carbons (Fsp3) is 0.643. The van der Waals surface area contributed by atoms with Gasteiger partial charge in [0.05, 0.1) is 18.7 Å². The quantitative estimate of drug-likeness (QED) is 0.747. The number of aromatic nitrogens is 1. The second kappa shape index (κ2) is 8.09. The van der Waals surface area contributed by atoms with Gasteiger partial charge in [0.1, 0.15) is 0 Å². The van der Waals surface area contributed by atoms with Crippen molar-refractivity contribution in [3.63, 3.8) is 0 Å². The Kier molecular flexibility index (Phi) is 6.13. The van der Waals surface area contributed by atoms with Crippen molar-refractivity contribution in [2.24, 2.45) is 5.92 Å². The topological polar surface area (TPSA) is 80.3 Å². The van der Waals surface area contributed by atoms with Gasteiger partial charge >= 0.3 is 5.97 Å². The first-order valence-electron chi connectivity index (χ1n) is 7.28. The molecule has 0 radical (unpaired) electrons. The number of hydrogen-bond acceptors (Lipinski definition) is 6. The van der Waals surface area contributed by atoms with Crippen molar-refractivity contribution in [3.8, 4) is 0 Å². The van der Waals surface area contributed by atoms with Gasteiger partial charge in [-0.1, -0.05) is 0 Å². The molecule has 2 rings (SSSR count). The molecule has 6 nitrogen and oxygen atoms in total. The van der Waals surface area contributed by atoms with Crippen LogP contribution in [0.15, 0.2) is 5.38 Å². The molecule has 1 aromatic rings. The number of hydrogen-bond donors (Lipinski definition) is 2. The summed E-state index contributed by atoms with van der Waals surface area (Å²) in [6, 6.07) is 0. The van der Waals surface area contributed by atoms with Crippen molar-refractivity contribution in [2.75, 3.05) is 25.0 Å². The van der Waals surface area contributed by atoms with E-state index < -0.39 is 0 Å². The van der Waals surface area contributed by atoms with Crippen molar-refractivity contribution < 1.29 is 14.3 Å². The highest BCUT2D eigenvalue weighted by molar-refractivity contribution is 7.13. The monoisotopic (exact) mass is 311 g/mol. The maximum absolute atomic E-state index is 11.8. The van der Waals surface area contributed by atoms with E-state index in [9.17, 15) is 9.59 Å². The van der Waals surface area contributed by atoms with Crippen LogP contribution >= 0.6 is 11.3 Å². The van der Waals surface area contributed by atoms with Crippen LogP contribution in [-0.4, -0.2) is 36.6 Å².